The number of pyridine rings is 2. The van der Waals surface area contributed by atoms with E-state index in [1.165, 1.54) is 9.25 Å². The van der Waals surface area contributed by atoms with Crippen molar-refractivity contribution in [3.63, 3.8) is 0 Å². The van der Waals surface area contributed by atoms with Gasteiger partial charge in [-0.2, -0.15) is 18.3 Å². The zero-order chi connectivity index (χ0) is 21.1. The molecule has 0 saturated heterocycles. The van der Waals surface area contributed by atoms with E-state index in [4.69, 9.17) is 11.6 Å². The van der Waals surface area contributed by atoms with Crippen molar-refractivity contribution in [1.29, 1.82) is 0 Å². The van der Waals surface area contributed by atoms with Crippen LogP contribution in [0.3, 0.4) is 0 Å². The van der Waals surface area contributed by atoms with E-state index in [1.54, 1.807) is 19.3 Å². The molecule has 0 radical (unpaired) electrons. The van der Waals surface area contributed by atoms with Crippen molar-refractivity contribution in [2.24, 2.45) is 13.0 Å². The molecule has 3 heterocycles. The number of nitrogens with zero attached hydrogens (tertiary/aromatic N) is 4. The zero-order valence-electron chi connectivity index (χ0n) is 15.7. The second kappa shape index (κ2) is 6.56. The van der Waals surface area contributed by atoms with E-state index in [1.807, 2.05) is 6.92 Å². The normalized spacial score (nSPS) is 16.9. The van der Waals surface area contributed by atoms with E-state index in [0.717, 1.165) is 12.3 Å². The summed E-state index contributed by atoms with van der Waals surface area (Å²) in [6.45, 7) is 2.29. The van der Waals surface area contributed by atoms with E-state index in [0.29, 0.717) is 30.5 Å². The Hall–Kier alpha value is -2.39. The molecule has 154 valence electrons. The maximum Gasteiger partial charge on any atom is 0.434 e. The molecule has 3 aromatic rings. The molecule has 0 amide bonds. The lowest BCUT2D eigenvalue weighted by atomic mass is 9.84. The summed E-state index contributed by atoms with van der Waals surface area (Å²) in [6.07, 6.45) is -0.736. The van der Waals surface area contributed by atoms with Gasteiger partial charge in [0.25, 0.3) is 5.56 Å². The van der Waals surface area contributed by atoms with Gasteiger partial charge in [-0.15, -0.1) is 0 Å². The summed E-state index contributed by atoms with van der Waals surface area (Å²) < 4.78 is 42.1. The van der Waals surface area contributed by atoms with Crippen molar-refractivity contribution in [3.8, 4) is 0 Å². The van der Waals surface area contributed by atoms with Crippen molar-refractivity contribution in [2.45, 2.75) is 38.1 Å². The molecule has 0 spiro atoms. The topological polar surface area (TPSA) is 72.9 Å². The highest BCUT2D eigenvalue weighted by Crippen LogP contribution is 2.51. The first kappa shape index (κ1) is 19.9. The predicted molar refractivity (Wildman–Crippen MR) is 101 cm³/mol. The maximum atomic E-state index is 13.0. The number of fused-ring (bicyclic) bond motifs is 1. The maximum absolute atomic E-state index is 13.0. The summed E-state index contributed by atoms with van der Waals surface area (Å²) in [6, 6.07) is 2.79. The van der Waals surface area contributed by atoms with Gasteiger partial charge in [0, 0.05) is 36.9 Å². The standard InChI is InChI=1S/C19H18ClF3N4O2/c1-3-27-7-6-12-14(17(27)28)25-26(2)16(12)18(29,10-4-5-10)11-8-13(20)15(24-9-11)19(21,22)23/h6-10,29H,3-5H2,1-2H3. The number of aliphatic hydroxyl groups is 1. The molecule has 10 heteroatoms. The van der Waals surface area contributed by atoms with Crippen LogP contribution in [-0.4, -0.2) is 24.4 Å². The number of rotatable bonds is 4. The summed E-state index contributed by atoms with van der Waals surface area (Å²) in [5, 5.41) is 15.9. The quantitative estimate of drug-likeness (QED) is 0.693. The van der Waals surface area contributed by atoms with Gasteiger partial charge in [0.05, 0.1) is 10.7 Å². The van der Waals surface area contributed by atoms with Gasteiger partial charge in [-0.1, -0.05) is 11.6 Å². The van der Waals surface area contributed by atoms with E-state index < -0.39 is 22.5 Å². The van der Waals surface area contributed by atoms with Crippen LogP contribution in [-0.2, 0) is 25.4 Å². The molecule has 0 aromatic carbocycles. The van der Waals surface area contributed by atoms with Gasteiger partial charge in [0.1, 0.15) is 5.60 Å². The highest BCUT2D eigenvalue weighted by Gasteiger charge is 2.50. The first-order valence-electron chi connectivity index (χ1n) is 9.11. The highest BCUT2D eigenvalue weighted by atomic mass is 35.5. The van der Waals surface area contributed by atoms with Crippen LogP contribution in [0.4, 0.5) is 13.2 Å². The minimum Gasteiger partial charge on any atom is -0.378 e. The predicted octanol–water partition coefficient (Wildman–Crippen LogP) is 3.47. The Morgan fingerprint density at radius 2 is 2.03 bits per heavy atom. The van der Waals surface area contributed by atoms with Crippen molar-refractivity contribution < 1.29 is 18.3 Å². The van der Waals surface area contributed by atoms with E-state index in [2.05, 4.69) is 10.1 Å². The van der Waals surface area contributed by atoms with Gasteiger partial charge in [-0.3, -0.25) is 9.48 Å². The van der Waals surface area contributed by atoms with Crippen molar-refractivity contribution in [2.75, 3.05) is 0 Å². The SMILES string of the molecule is CCn1ccc2c(C(O)(c3cnc(C(F)(F)F)c(Cl)c3)C3CC3)n(C)nc2c1=O. The van der Waals surface area contributed by atoms with E-state index >= 15 is 0 Å². The van der Waals surface area contributed by atoms with Gasteiger partial charge in [-0.25, -0.2) is 4.98 Å². The molecule has 0 aliphatic heterocycles. The third kappa shape index (κ3) is 3.03. The summed E-state index contributed by atoms with van der Waals surface area (Å²) in [7, 11) is 1.59. The number of alkyl halides is 3. The number of aromatic nitrogens is 4. The van der Waals surface area contributed by atoms with Crippen LogP contribution < -0.4 is 5.56 Å². The number of halogens is 4. The molecule has 1 aliphatic carbocycles. The molecule has 1 fully saturated rings. The van der Waals surface area contributed by atoms with Gasteiger partial charge in [0.15, 0.2) is 11.2 Å². The molecule has 1 unspecified atom stereocenters. The molecule has 1 saturated carbocycles. The summed E-state index contributed by atoms with van der Waals surface area (Å²) in [5.41, 5.74) is -2.50. The second-order valence-electron chi connectivity index (χ2n) is 7.23. The van der Waals surface area contributed by atoms with Crippen LogP contribution >= 0.6 is 11.6 Å². The molecule has 4 rings (SSSR count). The van der Waals surface area contributed by atoms with E-state index in [9.17, 15) is 23.1 Å². The number of hydrogen-bond acceptors (Lipinski definition) is 4. The molecule has 1 aliphatic rings. The van der Waals surface area contributed by atoms with Crippen molar-refractivity contribution in [3.05, 3.63) is 56.9 Å². The molecular weight excluding hydrogens is 409 g/mol. The molecule has 29 heavy (non-hydrogen) atoms. The first-order valence-corrected chi connectivity index (χ1v) is 9.49. The Labute approximate surface area is 168 Å². The average Bonchev–Trinajstić information content (AvgIpc) is 3.44. The fraction of sp³-hybridized carbons (Fsp3) is 0.421. The van der Waals surface area contributed by atoms with Crippen LogP contribution in [0.2, 0.25) is 5.02 Å². The van der Waals surface area contributed by atoms with Gasteiger partial charge < -0.3 is 9.67 Å². The van der Waals surface area contributed by atoms with Gasteiger partial charge >= 0.3 is 6.18 Å². The van der Waals surface area contributed by atoms with Crippen molar-refractivity contribution >= 4 is 22.5 Å². The number of aryl methyl sites for hydroxylation is 2. The molecule has 1 atom stereocenters. The first-order chi connectivity index (χ1) is 13.6. The van der Waals surface area contributed by atoms with Crippen LogP contribution in [0.15, 0.2) is 29.3 Å². The van der Waals surface area contributed by atoms with Crippen molar-refractivity contribution in [1.82, 2.24) is 19.3 Å². The Kier molecular flexibility index (Phi) is 4.51. The lowest BCUT2D eigenvalue weighted by Gasteiger charge is -2.29. The van der Waals surface area contributed by atoms with Crippen LogP contribution in [0.5, 0.6) is 0 Å². The Bertz CT molecular complexity index is 1170. The molecule has 1 N–H and O–H groups in total. The fourth-order valence-electron chi connectivity index (χ4n) is 3.85. The second-order valence-corrected chi connectivity index (χ2v) is 7.64. The Morgan fingerprint density at radius 3 is 2.59 bits per heavy atom. The number of hydrogen-bond donors (Lipinski definition) is 1. The molecule has 6 nitrogen and oxygen atoms in total. The van der Waals surface area contributed by atoms with Crippen LogP contribution in [0.25, 0.3) is 10.9 Å². The Morgan fingerprint density at radius 1 is 1.34 bits per heavy atom. The molecule has 0 bridgehead atoms. The molecular formula is C19H18ClF3N4O2. The van der Waals surface area contributed by atoms with Gasteiger partial charge in [0.2, 0.25) is 0 Å². The minimum absolute atomic E-state index is 0.141. The Balaban J connectivity index is 1.96. The monoisotopic (exact) mass is 426 g/mol. The summed E-state index contributed by atoms with van der Waals surface area (Å²) in [5.74, 6) is -0.246. The minimum atomic E-state index is -4.70. The van der Waals surface area contributed by atoms with E-state index in [-0.39, 0.29) is 22.6 Å². The fourth-order valence-corrected chi connectivity index (χ4v) is 4.12. The third-order valence-corrected chi connectivity index (χ3v) is 5.68. The summed E-state index contributed by atoms with van der Waals surface area (Å²) >= 11 is 5.86. The van der Waals surface area contributed by atoms with Crippen LogP contribution in [0.1, 0.15) is 36.7 Å². The lowest BCUT2D eigenvalue weighted by Crippen LogP contribution is -2.33. The van der Waals surface area contributed by atoms with Crippen LogP contribution in [0, 0.1) is 5.92 Å². The summed E-state index contributed by atoms with van der Waals surface area (Å²) in [4.78, 5) is 16.1. The largest absolute Gasteiger partial charge is 0.434 e. The zero-order valence-corrected chi connectivity index (χ0v) is 16.4. The van der Waals surface area contributed by atoms with Gasteiger partial charge in [-0.05, 0) is 37.8 Å². The highest BCUT2D eigenvalue weighted by molar-refractivity contribution is 6.31. The average molecular weight is 427 g/mol. The smallest absolute Gasteiger partial charge is 0.378 e. The third-order valence-electron chi connectivity index (χ3n) is 5.39. The molecule has 3 aromatic heterocycles. The lowest BCUT2D eigenvalue weighted by molar-refractivity contribution is -0.141.